The summed E-state index contributed by atoms with van der Waals surface area (Å²) in [5, 5.41) is 0. The summed E-state index contributed by atoms with van der Waals surface area (Å²) in [6.07, 6.45) is 8.64. The van der Waals surface area contributed by atoms with Crippen LogP contribution in [0, 0.1) is 11.3 Å². The Hall–Kier alpha value is -0.870. The zero-order valence-electron chi connectivity index (χ0n) is 11.1. The molecule has 1 aromatic heterocycles. The van der Waals surface area contributed by atoms with Crippen molar-refractivity contribution >= 4 is 0 Å². The summed E-state index contributed by atoms with van der Waals surface area (Å²) >= 11 is 0. The predicted molar refractivity (Wildman–Crippen MR) is 69.1 cm³/mol. The largest absolute Gasteiger partial charge is 0.338 e. The van der Waals surface area contributed by atoms with Crippen molar-refractivity contribution in [2.75, 3.05) is 0 Å². The quantitative estimate of drug-likeness (QED) is 0.617. The second kappa shape index (κ2) is 4.78. The Morgan fingerprint density at radius 3 is 2.88 bits per heavy atom. The average molecular weight is 236 g/mol. The van der Waals surface area contributed by atoms with E-state index in [2.05, 4.69) is 28.8 Å². The molecule has 4 heteroatoms. The van der Waals surface area contributed by atoms with Crippen LogP contribution in [0.4, 0.5) is 0 Å². The first-order valence-electron chi connectivity index (χ1n) is 6.47. The average Bonchev–Trinajstić information content (AvgIpc) is 2.82. The van der Waals surface area contributed by atoms with Gasteiger partial charge in [-0.1, -0.05) is 20.3 Å². The fraction of sp³-hybridized carbons (Fsp3) is 0.769. The van der Waals surface area contributed by atoms with Crippen LogP contribution in [0.1, 0.15) is 38.9 Å². The van der Waals surface area contributed by atoms with E-state index in [9.17, 15) is 0 Å². The highest BCUT2D eigenvalue weighted by Gasteiger charge is 2.39. The second-order valence-electron chi connectivity index (χ2n) is 5.92. The van der Waals surface area contributed by atoms with Crippen LogP contribution in [0.5, 0.6) is 0 Å². The van der Waals surface area contributed by atoms with Gasteiger partial charge in [0.1, 0.15) is 5.82 Å². The number of hydrogen-bond acceptors (Lipinski definition) is 3. The van der Waals surface area contributed by atoms with Crippen molar-refractivity contribution in [3.05, 3.63) is 18.2 Å². The highest BCUT2D eigenvalue weighted by Crippen LogP contribution is 2.44. The van der Waals surface area contributed by atoms with E-state index in [0.29, 0.717) is 17.4 Å². The van der Waals surface area contributed by atoms with E-state index in [1.165, 1.54) is 19.3 Å². The van der Waals surface area contributed by atoms with Crippen LogP contribution in [0.15, 0.2) is 12.4 Å². The zero-order valence-corrected chi connectivity index (χ0v) is 11.1. The van der Waals surface area contributed by atoms with Gasteiger partial charge in [-0.2, -0.15) is 0 Å². The van der Waals surface area contributed by atoms with E-state index in [-0.39, 0.29) is 0 Å². The Labute approximate surface area is 104 Å². The molecule has 96 valence electrons. The summed E-state index contributed by atoms with van der Waals surface area (Å²) in [6, 6.07) is 0.327. The number of imidazole rings is 1. The second-order valence-corrected chi connectivity index (χ2v) is 5.92. The van der Waals surface area contributed by atoms with E-state index in [4.69, 9.17) is 5.84 Å². The van der Waals surface area contributed by atoms with Gasteiger partial charge in [-0.15, -0.1) is 0 Å². The zero-order chi connectivity index (χ0) is 12.5. The lowest BCUT2D eigenvalue weighted by Gasteiger charge is -2.33. The van der Waals surface area contributed by atoms with Crippen molar-refractivity contribution < 1.29 is 0 Å². The molecule has 1 aromatic rings. The van der Waals surface area contributed by atoms with Crippen molar-refractivity contribution in [2.24, 2.45) is 24.2 Å². The first-order chi connectivity index (χ1) is 8.04. The highest BCUT2D eigenvalue weighted by atomic mass is 15.2. The number of rotatable bonds is 4. The summed E-state index contributed by atoms with van der Waals surface area (Å²) in [6.45, 7) is 4.71. The van der Waals surface area contributed by atoms with Crippen molar-refractivity contribution in [3.8, 4) is 0 Å². The van der Waals surface area contributed by atoms with Crippen LogP contribution >= 0.6 is 0 Å². The number of nitrogens with two attached hydrogens (primary N) is 1. The number of aryl methyl sites for hydroxylation is 1. The molecule has 2 atom stereocenters. The van der Waals surface area contributed by atoms with Gasteiger partial charge in [0.15, 0.2) is 0 Å². The van der Waals surface area contributed by atoms with Gasteiger partial charge < -0.3 is 4.57 Å². The van der Waals surface area contributed by atoms with Crippen molar-refractivity contribution in [3.63, 3.8) is 0 Å². The minimum Gasteiger partial charge on any atom is -0.338 e. The van der Waals surface area contributed by atoms with Gasteiger partial charge in [0, 0.05) is 31.9 Å². The van der Waals surface area contributed by atoms with Crippen molar-refractivity contribution in [1.82, 2.24) is 15.0 Å². The van der Waals surface area contributed by atoms with Crippen LogP contribution < -0.4 is 11.3 Å². The normalized spacial score (nSPS) is 25.1. The number of nitrogens with zero attached hydrogens (tertiary/aromatic N) is 2. The molecule has 0 amide bonds. The van der Waals surface area contributed by atoms with Crippen LogP contribution in [0.2, 0.25) is 0 Å². The van der Waals surface area contributed by atoms with Crippen LogP contribution in [0.3, 0.4) is 0 Å². The minimum absolute atomic E-state index is 0.327. The fourth-order valence-electron chi connectivity index (χ4n) is 3.21. The molecule has 1 heterocycles. The lowest BCUT2D eigenvalue weighted by molar-refractivity contribution is 0.194. The predicted octanol–water partition coefficient (Wildman–Crippen LogP) is 1.62. The molecule has 2 unspecified atom stereocenters. The molecule has 1 aliphatic carbocycles. The van der Waals surface area contributed by atoms with E-state index in [0.717, 1.165) is 12.2 Å². The maximum atomic E-state index is 5.75. The molecule has 3 N–H and O–H groups in total. The van der Waals surface area contributed by atoms with Crippen LogP contribution in [0.25, 0.3) is 0 Å². The van der Waals surface area contributed by atoms with Gasteiger partial charge >= 0.3 is 0 Å². The third-order valence-electron chi connectivity index (χ3n) is 4.36. The van der Waals surface area contributed by atoms with Gasteiger partial charge in [0.25, 0.3) is 0 Å². The van der Waals surface area contributed by atoms with E-state index in [1.54, 1.807) is 0 Å². The molecule has 4 nitrogen and oxygen atoms in total. The van der Waals surface area contributed by atoms with E-state index in [1.807, 2.05) is 19.4 Å². The topological polar surface area (TPSA) is 55.9 Å². The minimum atomic E-state index is 0.327. The summed E-state index contributed by atoms with van der Waals surface area (Å²) in [5.41, 5.74) is 3.40. The maximum absolute atomic E-state index is 5.75. The standard InChI is InChI=1S/C13H24N4/c1-13(2)6-4-5-10(13)11(16-14)9-12-15-7-8-17(12)3/h7-8,10-11,16H,4-6,9,14H2,1-3H3. The maximum Gasteiger partial charge on any atom is 0.109 e. The third kappa shape index (κ3) is 2.53. The third-order valence-corrected chi connectivity index (χ3v) is 4.36. The molecule has 1 saturated carbocycles. The van der Waals surface area contributed by atoms with Gasteiger partial charge in [-0.25, -0.2) is 4.98 Å². The Morgan fingerprint density at radius 1 is 1.65 bits per heavy atom. The SMILES string of the molecule is Cn1ccnc1CC(NN)C1CCCC1(C)C. The Bertz CT molecular complexity index is 369. The molecule has 17 heavy (non-hydrogen) atoms. The Kier molecular flexibility index (Phi) is 3.54. The van der Waals surface area contributed by atoms with Crippen molar-refractivity contribution in [2.45, 2.75) is 45.6 Å². The monoisotopic (exact) mass is 236 g/mol. The first kappa shape index (κ1) is 12.6. The van der Waals surface area contributed by atoms with E-state index < -0.39 is 0 Å². The molecule has 0 aliphatic heterocycles. The molecule has 2 rings (SSSR count). The first-order valence-corrected chi connectivity index (χ1v) is 6.47. The number of nitrogens with one attached hydrogen (secondary N) is 1. The highest BCUT2D eigenvalue weighted by molar-refractivity contribution is 4.99. The van der Waals surface area contributed by atoms with Crippen molar-refractivity contribution in [1.29, 1.82) is 0 Å². The molecule has 1 aliphatic rings. The van der Waals surface area contributed by atoms with Gasteiger partial charge in [-0.05, 0) is 24.2 Å². The smallest absolute Gasteiger partial charge is 0.109 e. The number of hydrogen-bond donors (Lipinski definition) is 2. The van der Waals surface area contributed by atoms with E-state index >= 15 is 0 Å². The molecular weight excluding hydrogens is 212 g/mol. The molecule has 0 aromatic carbocycles. The number of aromatic nitrogens is 2. The van der Waals surface area contributed by atoms with Crippen LogP contribution in [-0.4, -0.2) is 15.6 Å². The van der Waals surface area contributed by atoms with Crippen LogP contribution in [-0.2, 0) is 13.5 Å². The van der Waals surface area contributed by atoms with Gasteiger partial charge in [0.05, 0.1) is 0 Å². The summed E-state index contributed by atoms with van der Waals surface area (Å²) in [7, 11) is 2.04. The lowest BCUT2D eigenvalue weighted by atomic mass is 9.76. The lowest BCUT2D eigenvalue weighted by Crippen LogP contribution is -2.46. The Morgan fingerprint density at radius 2 is 2.41 bits per heavy atom. The molecule has 0 bridgehead atoms. The number of hydrazine groups is 1. The molecule has 0 saturated heterocycles. The summed E-state index contributed by atoms with van der Waals surface area (Å²) in [5.74, 6) is 7.50. The van der Waals surface area contributed by atoms with Gasteiger partial charge in [0.2, 0.25) is 0 Å². The molecule has 0 radical (unpaired) electrons. The molecule has 0 spiro atoms. The fourth-order valence-corrected chi connectivity index (χ4v) is 3.21. The molecule has 1 fully saturated rings. The van der Waals surface area contributed by atoms with Gasteiger partial charge in [-0.3, -0.25) is 11.3 Å². The summed E-state index contributed by atoms with van der Waals surface area (Å²) < 4.78 is 2.08. The molecular formula is C13H24N4. The summed E-state index contributed by atoms with van der Waals surface area (Å²) in [4.78, 5) is 4.39. The Balaban J connectivity index is 2.09.